The summed E-state index contributed by atoms with van der Waals surface area (Å²) in [5, 5.41) is 4.87. The maximum absolute atomic E-state index is 14.0. The number of nitrogens with one attached hydrogen (secondary N) is 1. The van der Waals surface area contributed by atoms with Crippen LogP contribution in [0.5, 0.6) is 5.75 Å². The van der Waals surface area contributed by atoms with Gasteiger partial charge >= 0.3 is 0 Å². The molecule has 3 aromatic rings. The molecular formula is C28H32ClN3O3. The number of carbonyl (C=O) groups is 2. The number of hydrogen-bond donors (Lipinski definition) is 1. The molecule has 2 amide bonds. The Balaban J connectivity index is 1.56. The maximum atomic E-state index is 14.0. The fourth-order valence-corrected chi connectivity index (χ4v) is 5.70. The highest BCUT2D eigenvalue weighted by molar-refractivity contribution is 6.30. The van der Waals surface area contributed by atoms with Crippen LogP contribution in [0.4, 0.5) is 0 Å². The SMILES string of the molecule is COc1ccc2cc3n(c2c1)C[C@](C)(C(=O)NC1CCCCCC1)N(Cc1cccc(Cl)c1)C3=O. The van der Waals surface area contributed by atoms with Gasteiger partial charge in [0, 0.05) is 29.1 Å². The molecule has 1 fully saturated rings. The molecule has 2 aromatic carbocycles. The molecule has 0 bridgehead atoms. The van der Waals surface area contributed by atoms with E-state index in [4.69, 9.17) is 16.3 Å². The molecule has 0 radical (unpaired) electrons. The van der Waals surface area contributed by atoms with Gasteiger partial charge < -0.3 is 19.5 Å². The molecule has 1 aliphatic heterocycles. The van der Waals surface area contributed by atoms with Gasteiger partial charge in [0.1, 0.15) is 17.0 Å². The van der Waals surface area contributed by atoms with Crippen molar-refractivity contribution in [1.29, 1.82) is 0 Å². The third-order valence-electron chi connectivity index (χ3n) is 7.55. The number of methoxy groups -OCH3 is 1. The summed E-state index contributed by atoms with van der Waals surface area (Å²) in [5.74, 6) is 0.455. The van der Waals surface area contributed by atoms with Crippen molar-refractivity contribution in [2.24, 2.45) is 0 Å². The first-order valence-corrected chi connectivity index (χ1v) is 12.8. The van der Waals surface area contributed by atoms with E-state index < -0.39 is 5.54 Å². The second kappa shape index (κ2) is 9.57. The van der Waals surface area contributed by atoms with E-state index in [-0.39, 0.29) is 17.9 Å². The fraction of sp³-hybridized carbons (Fsp3) is 0.429. The van der Waals surface area contributed by atoms with Crippen molar-refractivity contribution in [3.8, 4) is 5.75 Å². The molecule has 1 atom stereocenters. The van der Waals surface area contributed by atoms with Crippen LogP contribution in [-0.2, 0) is 17.9 Å². The minimum absolute atomic E-state index is 0.102. The molecule has 35 heavy (non-hydrogen) atoms. The molecule has 0 spiro atoms. The van der Waals surface area contributed by atoms with E-state index in [9.17, 15) is 9.59 Å². The lowest BCUT2D eigenvalue weighted by atomic mass is 9.93. The molecule has 2 aliphatic rings. The van der Waals surface area contributed by atoms with Crippen LogP contribution in [0.25, 0.3) is 10.9 Å². The van der Waals surface area contributed by atoms with Crippen molar-refractivity contribution in [2.75, 3.05) is 7.11 Å². The van der Waals surface area contributed by atoms with E-state index in [0.29, 0.717) is 23.8 Å². The van der Waals surface area contributed by atoms with Crippen LogP contribution >= 0.6 is 11.6 Å². The van der Waals surface area contributed by atoms with E-state index in [0.717, 1.165) is 47.9 Å². The minimum Gasteiger partial charge on any atom is -0.497 e. The number of halogens is 1. The average molecular weight is 494 g/mol. The molecule has 2 heterocycles. The van der Waals surface area contributed by atoms with Crippen molar-refractivity contribution in [3.63, 3.8) is 0 Å². The normalized spacial score (nSPS) is 21.0. The van der Waals surface area contributed by atoms with Crippen LogP contribution in [0.3, 0.4) is 0 Å². The summed E-state index contributed by atoms with van der Waals surface area (Å²) in [6.45, 7) is 2.55. The van der Waals surface area contributed by atoms with E-state index in [1.165, 1.54) is 12.8 Å². The molecule has 184 valence electrons. The van der Waals surface area contributed by atoms with Crippen LogP contribution in [0.2, 0.25) is 5.02 Å². The number of nitrogens with zero attached hydrogens (tertiary/aromatic N) is 2. The van der Waals surface area contributed by atoms with Crippen LogP contribution in [-0.4, -0.2) is 40.0 Å². The lowest BCUT2D eigenvalue weighted by Crippen LogP contribution is -2.64. The largest absolute Gasteiger partial charge is 0.497 e. The number of ether oxygens (including phenoxy) is 1. The van der Waals surface area contributed by atoms with E-state index in [1.807, 2.05) is 60.0 Å². The Hall–Kier alpha value is -2.99. The zero-order chi connectivity index (χ0) is 24.6. The number of hydrogen-bond acceptors (Lipinski definition) is 3. The summed E-state index contributed by atoms with van der Waals surface area (Å²) in [6.07, 6.45) is 6.64. The smallest absolute Gasteiger partial charge is 0.271 e. The van der Waals surface area contributed by atoms with E-state index in [2.05, 4.69) is 5.32 Å². The van der Waals surface area contributed by atoms with Crippen LogP contribution in [0, 0.1) is 0 Å². The summed E-state index contributed by atoms with van der Waals surface area (Å²) in [4.78, 5) is 29.6. The molecule has 1 saturated carbocycles. The summed E-state index contributed by atoms with van der Waals surface area (Å²) in [5.41, 5.74) is 1.30. The number of carbonyl (C=O) groups excluding carboxylic acids is 2. The van der Waals surface area contributed by atoms with Gasteiger partial charge in [0.2, 0.25) is 5.91 Å². The van der Waals surface area contributed by atoms with Crippen molar-refractivity contribution in [1.82, 2.24) is 14.8 Å². The maximum Gasteiger partial charge on any atom is 0.271 e. The van der Waals surface area contributed by atoms with Crippen molar-refractivity contribution >= 4 is 34.3 Å². The summed E-state index contributed by atoms with van der Waals surface area (Å²) < 4.78 is 7.41. The molecule has 5 rings (SSSR count). The predicted molar refractivity (Wildman–Crippen MR) is 138 cm³/mol. The quantitative estimate of drug-likeness (QED) is 0.473. The lowest BCUT2D eigenvalue weighted by molar-refractivity contribution is -0.134. The zero-order valence-corrected chi connectivity index (χ0v) is 21.1. The van der Waals surface area contributed by atoms with Gasteiger partial charge in [0.15, 0.2) is 0 Å². The molecular weight excluding hydrogens is 462 g/mol. The Bertz CT molecular complexity index is 1260. The van der Waals surface area contributed by atoms with Crippen LogP contribution in [0.15, 0.2) is 48.5 Å². The van der Waals surface area contributed by atoms with Gasteiger partial charge in [0.05, 0.1) is 19.2 Å². The Morgan fingerprint density at radius 3 is 2.60 bits per heavy atom. The first-order valence-electron chi connectivity index (χ1n) is 12.4. The van der Waals surface area contributed by atoms with E-state index in [1.54, 1.807) is 12.0 Å². The second-order valence-corrected chi connectivity index (χ2v) is 10.4. The molecule has 1 N–H and O–H groups in total. The van der Waals surface area contributed by atoms with Gasteiger partial charge in [-0.3, -0.25) is 9.59 Å². The van der Waals surface area contributed by atoms with Gasteiger partial charge in [-0.25, -0.2) is 0 Å². The Morgan fingerprint density at radius 1 is 1.11 bits per heavy atom. The highest BCUT2D eigenvalue weighted by Gasteiger charge is 2.48. The van der Waals surface area contributed by atoms with Crippen molar-refractivity contribution in [3.05, 3.63) is 64.8 Å². The van der Waals surface area contributed by atoms with Gasteiger partial charge in [0.25, 0.3) is 5.91 Å². The van der Waals surface area contributed by atoms with Gasteiger partial charge in [-0.1, -0.05) is 49.4 Å². The average Bonchev–Trinajstić information content (AvgIpc) is 3.01. The van der Waals surface area contributed by atoms with Crippen LogP contribution < -0.4 is 10.1 Å². The zero-order valence-electron chi connectivity index (χ0n) is 20.4. The third-order valence-corrected chi connectivity index (χ3v) is 7.78. The molecule has 6 nitrogen and oxygen atoms in total. The standard InChI is InChI=1S/C28H32ClN3O3/c1-28(27(34)30-22-10-5-3-4-6-11-22)18-31-24-16-23(35-2)13-12-20(24)15-25(31)26(33)32(28)17-19-8-7-9-21(29)14-19/h7-9,12-16,22H,3-6,10-11,17-18H2,1-2H3,(H,30,34)/t28-/m1/s1. The van der Waals surface area contributed by atoms with Crippen LogP contribution in [0.1, 0.15) is 61.5 Å². The number of rotatable bonds is 5. The van der Waals surface area contributed by atoms with Gasteiger partial charge in [-0.2, -0.15) is 0 Å². The first kappa shape index (κ1) is 23.7. The highest BCUT2D eigenvalue weighted by atomic mass is 35.5. The number of amides is 2. The first-order chi connectivity index (χ1) is 16.9. The molecule has 7 heteroatoms. The fourth-order valence-electron chi connectivity index (χ4n) is 5.49. The molecule has 0 unspecified atom stereocenters. The molecule has 1 aromatic heterocycles. The van der Waals surface area contributed by atoms with E-state index >= 15 is 0 Å². The van der Waals surface area contributed by atoms with Gasteiger partial charge in [-0.15, -0.1) is 0 Å². The minimum atomic E-state index is -1.06. The Morgan fingerprint density at radius 2 is 1.89 bits per heavy atom. The third kappa shape index (κ3) is 4.52. The lowest BCUT2D eigenvalue weighted by Gasteiger charge is -2.44. The number of fused-ring (bicyclic) bond motifs is 3. The Kier molecular flexibility index (Phi) is 6.49. The Labute approximate surface area is 211 Å². The number of aromatic nitrogens is 1. The highest BCUT2D eigenvalue weighted by Crippen LogP contribution is 2.35. The van der Waals surface area contributed by atoms with Crippen molar-refractivity contribution < 1.29 is 14.3 Å². The second-order valence-electron chi connectivity index (χ2n) is 10.00. The predicted octanol–water partition coefficient (Wildman–Crippen LogP) is 5.56. The topological polar surface area (TPSA) is 63.6 Å². The molecule has 1 aliphatic carbocycles. The van der Waals surface area contributed by atoms with Gasteiger partial charge in [-0.05, 0) is 55.7 Å². The van der Waals surface area contributed by atoms with Crippen molar-refractivity contribution in [2.45, 2.75) is 70.1 Å². The summed E-state index contributed by atoms with van der Waals surface area (Å²) in [7, 11) is 1.63. The molecule has 0 saturated heterocycles. The summed E-state index contributed by atoms with van der Waals surface area (Å²) >= 11 is 6.24. The monoisotopic (exact) mass is 493 g/mol. The summed E-state index contributed by atoms with van der Waals surface area (Å²) in [6, 6.07) is 15.3. The number of benzene rings is 2.